The fraction of sp³-hybridized carbons (Fsp3) is 0.444. The summed E-state index contributed by atoms with van der Waals surface area (Å²) in [6, 6.07) is 8.07. The van der Waals surface area contributed by atoms with Crippen LogP contribution in [0.3, 0.4) is 0 Å². The fourth-order valence-corrected chi connectivity index (χ4v) is 3.31. The summed E-state index contributed by atoms with van der Waals surface area (Å²) in [6.45, 7) is 6.24. The first-order valence-corrected chi connectivity index (χ1v) is 8.63. The largest absolute Gasteiger partial charge is 0.334 e. The summed E-state index contributed by atoms with van der Waals surface area (Å²) in [4.78, 5) is 14.3. The van der Waals surface area contributed by atoms with Gasteiger partial charge in [0.05, 0.1) is 6.20 Å². The van der Waals surface area contributed by atoms with Crippen LogP contribution in [0.25, 0.3) is 0 Å². The van der Waals surface area contributed by atoms with E-state index in [1.54, 1.807) is 6.20 Å². The summed E-state index contributed by atoms with van der Waals surface area (Å²) in [7, 11) is 0. The van der Waals surface area contributed by atoms with E-state index in [4.69, 9.17) is 11.6 Å². The van der Waals surface area contributed by atoms with Crippen molar-refractivity contribution in [3.05, 3.63) is 52.3 Å². The van der Waals surface area contributed by atoms with Crippen molar-refractivity contribution in [2.24, 2.45) is 0 Å². The molecule has 24 heavy (non-hydrogen) atoms. The predicted molar refractivity (Wildman–Crippen MR) is 95.2 cm³/mol. The van der Waals surface area contributed by atoms with E-state index in [1.807, 2.05) is 24.0 Å². The molecule has 0 atom stereocenters. The lowest BCUT2D eigenvalue weighted by Crippen LogP contribution is -2.47. The number of benzene rings is 1. The van der Waals surface area contributed by atoms with Gasteiger partial charge in [0.1, 0.15) is 0 Å². The van der Waals surface area contributed by atoms with Crippen molar-refractivity contribution in [1.29, 1.82) is 0 Å². The molecule has 1 fully saturated rings. The Morgan fingerprint density at radius 2 is 2.00 bits per heavy atom. The lowest BCUT2D eigenvalue weighted by Gasteiger charge is -2.39. The third-order valence-corrected chi connectivity index (χ3v) is 5.31. The van der Waals surface area contributed by atoms with Crippen LogP contribution in [0.4, 0.5) is 4.79 Å². The SMILES string of the molecule is Cc1[nH]ncc1CNC(=O)N1CCC(C)(c2ccc(Cl)cc2)CC1. The van der Waals surface area contributed by atoms with E-state index < -0.39 is 0 Å². The summed E-state index contributed by atoms with van der Waals surface area (Å²) >= 11 is 5.98. The molecule has 2 N–H and O–H groups in total. The standard InChI is InChI=1S/C18H23ClN4O/c1-13-14(12-21-22-13)11-20-17(24)23-9-7-18(2,8-10-23)15-3-5-16(19)6-4-15/h3-6,12H,7-11H2,1-2H3,(H,20,24)(H,21,22). The van der Waals surface area contributed by atoms with Gasteiger partial charge in [-0.15, -0.1) is 0 Å². The highest BCUT2D eigenvalue weighted by molar-refractivity contribution is 6.30. The van der Waals surface area contributed by atoms with Crippen LogP contribution < -0.4 is 5.32 Å². The molecule has 3 rings (SSSR count). The molecule has 1 aliphatic rings. The van der Waals surface area contributed by atoms with E-state index >= 15 is 0 Å². The molecule has 0 spiro atoms. The van der Waals surface area contributed by atoms with Gasteiger partial charge in [-0.05, 0) is 42.9 Å². The highest BCUT2D eigenvalue weighted by Crippen LogP contribution is 2.35. The number of carbonyl (C=O) groups excluding carboxylic acids is 1. The summed E-state index contributed by atoms with van der Waals surface area (Å²) in [5.74, 6) is 0. The number of aromatic nitrogens is 2. The van der Waals surface area contributed by atoms with Gasteiger partial charge >= 0.3 is 6.03 Å². The number of urea groups is 1. The minimum Gasteiger partial charge on any atom is -0.334 e. The topological polar surface area (TPSA) is 61.0 Å². The molecule has 6 heteroatoms. The van der Waals surface area contributed by atoms with Crippen LogP contribution in [0, 0.1) is 6.92 Å². The molecule has 0 saturated carbocycles. The third kappa shape index (κ3) is 3.56. The number of hydrogen-bond donors (Lipinski definition) is 2. The molecule has 128 valence electrons. The molecule has 1 saturated heterocycles. The maximum absolute atomic E-state index is 12.4. The molecule has 0 unspecified atom stereocenters. The van der Waals surface area contributed by atoms with Gasteiger partial charge in [-0.2, -0.15) is 5.10 Å². The molecular formula is C18H23ClN4O. The van der Waals surface area contributed by atoms with E-state index in [-0.39, 0.29) is 11.4 Å². The zero-order valence-corrected chi connectivity index (χ0v) is 14.9. The second-order valence-electron chi connectivity index (χ2n) is 6.73. The number of carbonyl (C=O) groups is 1. The van der Waals surface area contributed by atoms with E-state index in [2.05, 4.69) is 34.6 Å². The highest BCUT2D eigenvalue weighted by atomic mass is 35.5. The Labute approximate surface area is 147 Å². The Hall–Kier alpha value is -2.01. The molecular weight excluding hydrogens is 324 g/mol. The number of aryl methyl sites for hydroxylation is 1. The van der Waals surface area contributed by atoms with Crippen molar-refractivity contribution in [2.75, 3.05) is 13.1 Å². The first-order chi connectivity index (χ1) is 11.5. The Balaban J connectivity index is 1.55. The average molecular weight is 347 g/mol. The number of amides is 2. The summed E-state index contributed by atoms with van der Waals surface area (Å²) < 4.78 is 0. The predicted octanol–water partition coefficient (Wildman–Crippen LogP) is 3.63. The van der Waals surface area contributed by atoms with Crippen LogP contribution in [0.2, 0.25) is 5.02 Å². The normalized spacial score (nSPS) is 16.9. The van der Waals surface area contributed by atoms with Crippen molar-refractivity contribution in [2.45, 2.75) is 38.6 Å². The third-order valence-electron chi connectivity index (χ3n) is 5.06. The molecule has 2 heterocycles. The maximum atomic E-state index is 12.4. The lowest BCUT2D eigenvalue weighted by molar-refractivity contribution is 0.162. The average Bonchev–Trinajstić information content (AvgIpc) is 2.99. The molecule has 2 amide bonds. The van der Waals surface area contributed by atoms with Gasteiger partial charge in [0.25, 0.3) is 0 Å². The monoisotopic (exact) mass is 346 g/mol. The minimum atomic E-state index is -0.00578. The van der Waals surface area contributed by atoms with Crippen LogP contribution in [0.5, 0.6) is 0 Å². The Kier molecular flexibility index (Phi) is 4.81. The highest BCUT2D eigenvalue weighted by Gasteiger charge is 2.33. The Morgan fingerprint density at radius 1 is 1.33 bits per heavy atom. The smallest absolute Gasteiger partial charge is 0.317 e. The van der Waals surface area contributed by atoms with Crippen molar-refractivity contribution >= 4 is 17.6 Å². The van der Waals surface area contributed by atoms with Gasteiger partial charge in [-0.1, -0.05) is 30.7 Å². The van der Waals surface area contributed by atoms with Gasteiger partial charge in [-0.25, -0.2) is 4.79 Å². The number of rotatable bonds is 3. The minimum absolute atomic E-state index is 0.00578. The Morgan fingerprint density at radius 3 is 2.58 bits per heavy atom. The van der Waals surface area contributed by atoms with Crippen LogP contribution in [0.1, 0.15) is 36.6 Å². The van der Waals surface area contributed by atoms with Gasteiger partial charge in [-0.3, -0.25) is 5.10 Å². The molecule has 0 aliphatic carbocycles. The van der Waals surface area contributed by atoms with Crippen LogP contribution >= 0.6 is 11.6 Å². The number of H-pyrrole nitrogens is 1. The van der Waals surface area contributed by atoms with E-state index in [9.17, 15) is 4.79 Å². The Bertz CT molecular complexity index is 702. The first kappa shape index (κ1) is 16.8. The van der Waals surface area contributed by atoms with E-state index in [0.29, 0.717) is 6.54 Å². The number of nitrogens with zero attached hydrogens (tertiary/aromatic N) is 2. The quantitative estimate of drug-likeness (QED) is 0.891. The zero-order chi connectivity index (χ0) is 17.2. The van der Waals surface area contributed by atoms with Gasteiger partial charge < -0.3 is 10.2 Å². The molecule has 0 bridgehead atoms. The molecule has 1 aromatic heterocycles. The maximum Gasteiger partial charge on any atom is 0.317 e. The van der Waals surface area contributed by atoms with Gasteiger partial charge in [0, 0.05) is 35.9 Å². The van der Waals surface area contributed by atoms with Gasteiger partial charge in [0.2, 0.25) is 0 Å². The van der Waals surface area contributed by atoms with Crippen LogP contribution in [0.15, 0.2) is 30.5 Å². The van der Waals surface area contributed by atoms with Gasteiger partial charge in [0.15, 0.2) is 0 Å². The fourth-order valence-electron chi connectivity index (χ4n) is 3.18. The summed E-state index contributed by atoms with van der Waals surface area (Å²) in [5, 5.41) is 10.6. The lowest BCUT2D eigenvalue weighted by atomic mass is 9.74. The van der Waals surface area contributed by atoms with Crippen LogP contribution in [-0.2, 0) is 12.0 Å². The number of likely N-dealkylation sites (tertiary alicyclic amines) is 1. The number of nitrogens with one attached hydrogen (secondary N) is 2. The van der Waals surface area contributed by atoms with Crippen molar-refractivity contribution in [1.82, 2.24) is 20.4 Å². The van der Waals surface area contributed by atoms with E-state index in [1.165, 1.54) is 5.56 Å². The molecule has 5 nitrogen and oxygen atoms in total. The van der Waals surface area contributed by atoms with E-state index in [0.717, 1.165) is 42.2 Å². The van der Waals surface area contributed by atoms with Crippen molar-refractivity contribution in [3.63, 3.8) is 0 Å². The number of piperidine rings is 1. The zero-order valence-electron chi connectivity index (χ0n) is 14.1. The first-order valence-electron chi connectivity index (χ1n) is 8.26. The van der Waals surface area contributed by atoms with Crippen molar-refractivity contribution < 1.29 is 4.79 Å². The number of halogens is 1. The number of aromatic amines is 1. The second-order valence-corrected chi connectivity index (χ2v) is 7.17. The molecule has 2 aromatic rings. The second kappa shape index (κ2) is 6.85. The summed E-state index contributed by atoms with van der Waals surface area (Å²) in [5.41, 5.74) is 3.40. The molecule has 1 aromatic carbocycles. The summed E-state index contributed by atoms with van der Waals surface area (Å²) in [6.07, 6.45) is 3.66. The van der Waals surface area contributed by atoms with Crippen molar-refractivity contribution in [3.8, 4) is 0 Å². The van der Waals surface area contributed by atoms with Crippen LogP contribution in [-0.4, -0.2) is 34.2 Å². The molecule has 0 radical (unpaired) electrons. The molecule has 1 aliphatic heterocycles. The number of hydrogen-bond acceptors (Lipinski definition) is 2.